The van der Waals surface area contributed by atoms with Gasteiger partial charge in [0.25, 0.3) is 0 Å². The molecule has 1 spiro atoms. The second-order valence-corrected chi connectivity index (χ2v) is 11.1. The molecule has 0 saturated heterocycles. The lowest BCUT2D eigenvalue weighted by atomic mass is 9.72. The van der Waals surface area contributed by atoms with Gasteiger partial charge in [-0.1, -0.05) is 85.5 Å². The number of methoxy groups -OCH3 is 1. The SMILES string of the molecule is C=CC1=C(/C=C\C)C(c2oc3ccccc3c2OC)=CC12c1cc(C(/C=C\N)=C/C)ccc1-c1ccc(C(/C=C\C)=C/N)cc12. The first-order chi connectivity index (χ1) is 22.0. The van der Waals surface area contributed by atoms with Crippen molar-refractivity contribution in [1.29, 1.82) is 0 Å². The standard InChI is InChI=1S/C41H38N2O2/c1-6-12-29(25-43)28-17-19-32-31-18-16-27(26(8-3)20-21-42)22-36(31)41(37(32)23-28)24-34(30(13-7-2)35(41)9-4)40-39(44-5)33-14-10-11-15-38(33)45-40/h6-25H,4,42-43H2,1-3,5H3/b12-6-,13-7-,21-20-,26-8+,29-25+. The second kappa shape index (κ2) is 11.9. The molecule has 45 heavy (non-hydrogen) atoms. The summed E-state index contributed by atoms with van der Waals surface area (Å²) in [5.74, 6) is 1.41. The van der Waals surface area contributed by atoms with Gasteiger partial charge in [-0.2, -0.15) is 0 Å². The molecule has 0 saturated carbocycles. The zero-order valence-electron chi connectivity index (χ0n) is 26.2. The predicted molar refractivity (Wildman–Crippen MR) is 189 cm³/mol. The van der Waals surface area contributed by atoms with Gasteiger partial charge >= 0.3 is 0 Å². The number of para-hydroxylation sites is 1. The van der Waals surface area contributed by atoms with E-state index in [-0.39, 0.29) is 0 Å². The third kappa shape index (κ3) is 4.44. The summed E-state index contributed by atoms with van der Waals surface area (Å²) in [6, 6.07) is 21.3. The predicted octanol–water partition coefficient (Wildman–Crippen LogP) is 9.62. The minimum absolute atomic E-state index is 0.659. The molecule has 1 heterocycles. The maximum absolute atomic E-state index is 6.58. The number of hydrogen-bond acceptors (Lipinski definition) is 4. The largest absolute Gasteiger partial charge is 0.492 e. The lowest BCUT2D eigenvalue weighted by Gasteiger charge is -2.29. The van der Waals surface area contributed by atoms with Gasteiger partial charge < -0.3 is 20.6 Å². The maximum Gasteiger partial charge on any atom is 0.177 e. The fourth-order valence-corrected chi connectivity index (χ4v) is 6.99. The van der Waals surface area contributed by atoms with Crippen LogP contribution < -0.4 is 16.2 Å². The molecule has 4 nitrogen and oxygen atoms in total. The summed E-state index contributed by atoms with van der Waals surface area (Å²) >= 11 is 0. The zero-order chi connectivity index (χ0) is 31.7. The number of hydrogen-bond donors (Lipinski definition) is 2. The Kier molecular flexibility index (Phi) is 7.82. The summed E-state index contributed by atoms with van der Waals surface area (Å²) in [6.45, 7) is 10.5. The number of benzene rings is 3. The van der Waals surface area contributed by atoms with Gasteiger partial charge in [-0.25, -0.2) is 0 Å². The van der Waals surface area contributed by atoms with Gasteiger partial charge in [-0.15, -0.1) is 0 Å². The Morgan fingerprint density at radius 1 is 0.867 bits per heavy atom. The van der Waals surface area contributed by atoms with Crippen molar-refractivity contribution < 1.29 is 9.15 Å². The molecule has 0 radical (unpaired) electrons. The van der Waals surface area contributed by atoms with Crippen LogP contribution in [0.4, 0.5) is 0 Å². The quantitative estimate of drug-likeness (QED) is 0.200. The summed E-state index contributed by atoms with van der Waals surface area (Å²) in [5, 5.41) is 0.934. The number of nitrogens with two attached hydrogens (primary N) is 2. The van der Waals surface area contributed by atoms with Gasteiger partial charge in [0.15, 0.2) is 11.5 Å². The third-order valence-electron chi connectivity index (χ3n) is 8.86. The van der Waals surface area contributed by atoms with Gasteiger partial charge in [0.2, 0.25) is 0 Å². The average molecular weight is 591 g/mol. The Labute approximate surface area is 265 Å². The van der Waals surface area contributed by atoms with E-state index in [9.17, 15) is 0 Å². The molecule has 0 amide bonds. The van der Waals surface area contributed by atoms with Crippen molar-refractivity contribution in [2.24, 2.45) is 11.5 Å². The van der Waals surface area contributed by atoms with Crippen LogP contribution in [0.25, 0.3) is 38.8 Å². The van der Waals surface area contributed by atoms with Crippen LogP contribution in [0.1, 0.15) is 48.8 Å². The minimum Gasteiger partial charge on any atom is -0.492 e. The van der Waals surface area contributed by atoms with Crippen molar-refractivity contribution in [1.82, 2.24) is 0 Å². The van der Waals surface area contributed by atoms with E-state index in [1.54, 1.807) is 19.5 Å². The Morgan fingerprint density at radius 3 is 2.13 bits per heavy atom. The highest BCUT2D eigenvalue weighted by Crippen LogP contribution is 2.61. The third-order valence-corrected chi connectivity index (χ3v) is 8.86. The van der Waals surface area contributed by atoms with E-state index in [0.29, 0.717) is 11.5 Å². The smallest absolute Gasteiger partial charge is 0.177 e. The van der Waals surface area contributed by atoms with Crippen LogP contribution in [0.15, 0.2) is 144 Å². The van der Waals surface area contributed by atoms with Crippen LogP contribution in [-0.4, -0.2) is 7.11 Å². The van der Waals surface area contributed by atoms with Crippen LogP contribution in [0.5, 0.6) is 5.75 Å². The monoisotopic (exact) mass is 590 g/mol. The molecule has 1 aromatic heterocycles. The van der Waals surface area contributed by atoms with Crippen LogP contribution in [-0.2, 0) is 5.41 Å². The number of rotatable bonds is 8. The molecule has 0 bridgehead atoms. The Morgan fingerprint density at radius 2 is 1.56 bits per heavy atom. The number of ether oxygens (including phenoxy) is 1. The number of fused-ring (bicyclic) bond motifs is 6. The Hall–Kier alpha value is -5.48. The van der Waals surface area contributed by atoms with Crippen LogP contribution >= 0.6 is 0 Å². The second-order valence-electron chi connectivity index (χ2n) is 11.1. The first-order valence-electron chi connectivity index (χ1n) is 15.2. The molecule has 2 aliphatic carbocycles. The van der Waals surface area contributed by atoms with Crippen molar-refractivity contribution >= 4 is 27.7 Å². The molecule has 224 valence electrons. The maximum atomic E-state index is 6.58. The fourth-order valence-electron chi connectivity index (χ4n) is 6.99. The highest BCUT2D eigenvalue weighted by Gasteiger charge is 2.49. The molecule has 0 aliphatic heterocycles. The molecule has 1 atom stereocenters. The van der Waals surface area contributed by atoms with Gasteiger partial charge in [-0.3, -0.25) is 0 Å². The highest BCUT2D eigenvalue weighted by atomic mass is 16.5. The van der Waals surface area contributed by atoms with Gasteiger partial charge in [0, 0.05) is 11.8 Å². The molecule has 3 aromatic carbocycles. The molecule has 4 heteroatoms. The van der Waals surface area contributed by atoms with Crippen molar-refractivity contribution in [2.45, 2.75) is 26.2 Å². The molecule has 4 aromatic rings. The molecular formula is C41H38N2O2. The van der Waals surface area contributed by atoms with Crippen molar-refractivity contribution in [3.05, 3.63) is 167 Å². The van der Waals surface area contributed by atoms with E-state index in [0.717, 1.165) is 55.5 Å². The van der Waals surface area contributed by atoms with Crippen LogP contribution in [0.3, 0.4) is 0 Å². The van der Waals surface area contributed by atoms with E-state index in [4.69, 9.17) is 20.6 Å². The molecule has 0 fully saturated rings. The summed E-state index contributed by atoms with van der Waals surface area (Å²) < 4.78 is 12.6. The van der Waals surface area contributed by atoms with E-state index >= 15 is 0 Å². The Balaban J connectivity index is 1.75. The first kappa shape index (κ1) is 29.6. The first-order valence-corrected chi connectivity index (χ1v) is 15.2. The highest BCUT2D eigenvalue weighted by molar-refractivity contribution is 6.01. The van der Waals surface area contributed by atoms with Crippen LogP contribution in [0, 0.1) is 0 Å². The van der Waals surface area contributed by atoms with Gasteiger partial charge in [0.1, 0.15) is 5.58 Å². The summed E-state index contributed by atoms with van der Waals surface area (Å²) in [4.78, 5) is 0. The van der Waals surface area contributed by atoms with Gasteiger partial charge in [-0.05, 0) is 113 Å². The lowest BCUT2D eigenvalue weighted by Crippen LogP contribution is -2.23. The van der Waals surface area contributed by atoms with E-state index < -0.39 is 5.41 Å². The van der Waals surface area contributed by atoms with Crippen molar-refractivity contribution in [2.75, 3.05) is 7.11 Å². The van der Waals surface area contributed by atoms with Crippen LogP contribution in [0.2, 0.25) is 0 Å². The van der Waals surface area contributed by atoms with E-state index in [1.807, 2.05) is 69.3 Å². The van der Waals surface area contributed by atoms with Crippen molar-refractivity contribution in [3.63, 3.8) is 0 Å². The zero-order valence-corrected chi connectivity index (χ0v) is 26.2. The molecular weight excluding hydrogens is 552 g/mol. The number of furan rings is 1. The fraction of sp³-hybridized carbons (Fsp3) is 0.122. The molecule has 1 unspecified atom stereocenters. The minimum atomic E-state index is -0.659. The van der Waals surface area contributed by atoms with Crippen molar-refractivity contribution in [3.8, 4) is 16.9 Å². The Bertz CT molecular complexity index is 1980. The lowest BCUT2D eigenvalue weighted by molar-refractivity contribution is 0.407. The normalized spacial score (nSPS) is 18.2. The summed E-state index contributed by atoms with van der Waals surface area (Å²) in [5.41, 5.74) is 24.0. The summed E-state index contributed by atoms with van der Waals surface area (Å²) in [6.07, 6.45) is 19.9. The average Bonchev–Trinajstić information content (AvgIpc) is 3.70. The summed E-state index contributed by atoms with van der Waals surface area (Å²) in [7, 11) is 1.70. The molecule has 4 N–H and O–H groups in total. The molecule has 2 aliphatic rings. The van der Waals surface area contributed by atoms with E-state index in [2.05, 4.69) is 67.3 Å². The number of allylic oxidation sites excluding steroid dienone is 13. The van der Waals surface area contributed by atoms with E-state index in [1.165, 1.54) is 16.7 Å². The molecule has 6 rings (SSSR count). The van der Waals surface area contributed by atoms with Gasteiger partial charge in [0.05, 0.1) is 17.9 Å². The topological polar surface area (TPSA) is 74.4 Å².